The number of aliphatic hydroxyl groups is 1. The average molecular weight is 183 g/mol. The lowest BCUT2D eigenvalue weighted by molar-refractivity contribution is 0.177. The third kappa shape index (κ3) is 4.44. The van der Waals surface area contributed by atoms with E-state index in [1.807, 2.05) is 0 Å². The van der Waals surface area contributed by atoms with Crippen molar-refractivity contribution in [3.05, 3.63) is 12.2 Å². The zero-order chi connectivity index (χ0) is 9.68. The first-order valence-corrected chi connectivity index (χ1v) is 5.21. The minimum atomic E-state index is -0.0343. The van der Waals surface area contributed by atoms with Crippen molar-refractivity contribution in [2.45, 2.75) is 38.7 Å². The Labute approximate surface area is 81.0 Å². The summed E-state index contributed by atoms with van der Waals surface area (Å²) in [6.45, 7) is 8.00. The van der Waals surface area contributed by atoms with Crippen molar-refractivity contribution in [3.63, 3.8) is 0 Å². The predicted molar refractivity (Wildman–Crippen MR) is 55.6 cm³/mol. The highest BCUT2D eigenvalue weighted by molar-refractivity contribution is 4.88. The molecule has 0 spiro atoms. The topological polar surface area (TPSA) is 32.3 Å². The predicted octanol–water partition coefficient (Wildman–Crippen LogP) is 1.70. The number of aliphatic hydroxyl groups excluding tert-OH is 1. The van der Waals surface area contributed by atoms with Crippen molar-refractivity contribution >= 4 is 0 Å². The van der Waals surface area contributed by atoms with Gasteiger partial charge in [0, 0.05) is 0 Å². The minimum absolute atomic E-state index is 0.0343. The molecule has 2 nitrogen and oxygen atoms in total. The van der Waals surface area contributed by atoms with Crippen LogP contribution in [0.25, 0.3) is 0 Å². The number of hydrogen-bond acceptors (Lipinski definition) is 2. The van der Waals surface area contributed by atoms with Gasteiger partial charge in [-0.1, -0.05) is 5.57 Å². The maximum absolute atomic E-state index is 9.30. The highest BCUT2D eigenvalue weighted by Gasteiger charge is 2.21. The van der Waals surface area contributed by atoms with Crippen LogP contribution in [0.2, 0.25) is 0 Å². The molecular weight excluding hydrogens is 162 g/mol. The monoisotopic (exact) mass is 183 g/mol. The van der Waals surface area contributed by atoms with Crippen molar-refractivity contribution in [2.75, 3.05) is 13.1 Å². The first kappa shape index (κ1) is 10.7. The summed E-state index contributed by atoms with van der Waals surface area (Å²) in [5.41, 5.74) is 1.24. The van der Waals surface area contributed by atoms with Gasteiger partial charge >= 0.3 is 0 Å². The van der Waals surface area contributed by atoms with Crippen LogP contribution >= 0.6 is 0 Å². The van der Waals surface area contributed by atoms with Crippen molar-refractivity contribution in [1.82, 2.24) is 5.32 Å². The maximum Gasteiger partial charge on any atom is 0.0543 e. The van der Waals surface area contributed by atoms with Crippen LogP contribution < -0.4 is 5.32 Å². The highest BCUT2D eigenvalue weighted by Crippen LogP contribution is 2.24. The Kier molecular flexibility index (Phi) is 4.46. The largest absolute Gasteiger partial charge is 0.393 e. The summed E-state index contributed by atoms with van der Waals surface area (Å²) in [5.74, 6) is 0.695. The van der Waals surface area contributed by atoms with E-state index in [0.717, 1.165) is 32.4 Å². The van der Waals surface area contributed by atoms with E-state index in [0.29, 0.717) is 5.92 Å². The Morgan fingerprint density at radius 3 is 2.85 bits per heavy atom. The van der Waals surface area contributed by atoms with Gasteiger partial charge in [-0.2, -0.15) is 0 Å². The molecule has 0 amide bonds. The molecule has 0 aliphatic heterocycles. The van der Waals surface area contributed by atoms with Gasteiger partial charge in [-0.25, -0.2) is 0 Å². The molecule has 0 aromatic carbocycles. The molecule has 2 unspecified atom stereocenters. The zero-order valence-electron chi connectivity index (χ0n) is 8.55. The molecule has 76 valence electrons. The molecule has 2 heteroatoms. The van der Waals surface area contributed by atoms with Gasteiger partial charge in [0.05, 0.1) is 6.10 Å². The normalized spacial score (nSPS) is 27.8. The lowest BCUT2D eigenvalue weighted by Crippen LogP contribution is -2.22. The summed E-state index contributed by atoms with van der Waals surface area (Å²) < 4.78 is 0. The standard InChI is InChI=1S/C11H21NO/c1-9(2)5-6-12-8-10-3-4-11(13)7-10/h10-13H,1,3-8H2,2H3. The molecule has 0 aromatic heterocycles. The molecule has 13 heavy (non-hydrogen) atoms. The number of nitrogens with one attached hydrogen (secondary N) is 1. The Bertz CT molecular complexity index is 167. The van der Waals surface area contributed by atoms with Gasteiger partial charge in [0.2, 0.25) is 0 Å². The summed E-state index contributed by atoms with van der Waals surface area (Å²) in [6, 6.07) is 0. The highest BCUT2D eigenvalue weighted by atomic mass is 16.3. The first-order valence-electron chi connectivity index (χ1n) is 5.21. The summed E-state index contributed by atoms with van der Waals surface area (Å²) in [6.07, 6.45) is 4.19. The molecule has 0 heterocycles. The van der Waals surface area contributed by atoms with Crippen molar-refractivity contribution < 1.29 is 5.11 Å². The Morgan fingerprint density at radius 2 is 2.31 bits per heavy atom. The molecule has 2 N–H and O–H groups in total. The Balaban J connectivity index is 1.97. The van der Waals surface area contributed by atoms with Crippen molar-refractivity contribution in [3.8, 4) is 0 Å². The molecule has 1 aliphatic rings. The second-order valence-electron chi connectivity index (χ2n) is 4.24. The number of hydrogen-bond donors (Lipinski definition) is 2. The van der Waals surface area contributed by atoms with Crippen LogP contribution in [0, 0.1) is 5.92 Å². The van der Waals surface area contributed by atoms with Crippen molar-refractivity contribution in [2.24, 2.45) is 5.92 Å². The van der Waals surface area contributed by atoms with E-state index in [-0.39, 0.29) is 6.10 Å². The van der Waals surface area contributed by atoms with E-state index >= 15 is 0 Å². The van der Waals surface area contributed by atoms with Crippen LogP contribution in [0.1, 0.15) is 32.6 Å². The smallest absolute Gasteiger partial charge is 0.0543 e. The van der Waals surface area contributed by atoms with E-state index < -0.39 is 0 Å². The van der Waals surface area contributed by atoms with Crippen LogP contribution in [-0.2, 0) is 0 Å². The van der Waals surface area contributed by atoms with Gasteiger partial charge in [-0.15, -0.1) is 6.58 Å². The first-order chi connectivity index (χ1) is 6.18. The molecule has 0 bridgehead atoms. The van der Waals surface area contributed by atoms with Gasteiger partial charge in [-0.05, 0) is 51.6 Å². The lowest BCUT2D eigenvalue weighted by Gasteiger charge is -2.10. The third-order valence-electron chi connectivity index (χ3n) is 2.68. The lowest BCUT2D eigenvalue weighted by atomic mass is 10.1. The zero-order valence-corrected chi connectivity index (χ0v) is 8.55. The van der Waals surface area contributed by atoms with Crippen LogP contribution in [0.5, 0.6) is 0 Å². The molecule has 0 aromatic rings. The second kappa shape index (κ2) is 5.40. The van der Waals surface area contributed by atoms with Crippen LogP contribution in [0.3, 0.4) is 0 Å². The molecule has 1 fully saturated rings. The van der Waals surface area contributed by atoms with Crippen LogP contribution in [-0.4, -0.2) is 24.3 Å². The summed E-state index contributed by atoms with van der Waals surface area (Å²) in [5, 5.41) is 12.7. The fourth-order valence-electron chi connectivity index (χ4n) is 1.84. The molecule has 0 radical (unpaired) electrons. The fraction of sp³-hybridized carbons (Fsp3) is 0.818. The van der Waals surface area contributed by atoms with Gasteiger partial charge in [-0.3, -0.25) is 0 Å². The van der Waals surface area contributed by atoms with Gasteiger partial charge in [0.15, 0.2) is 0 Å². The van der Waals surface area contributed by atoms with Gasteiger partial charge in [0.1, 0.15) is 0 Å². The summed E-state index contributed by atoms with van der Waals surface area (Å²) in [7, 11) is 0. The van der Waals surface area contributed by atoms with E-state index in [4.69, 9.17) is 0 Å². The molecule has 2 atom stereocenters. The number of rotatable bonds is 5. The fourth-order valence-corrected chi connectivity index (χ4v) is 1.84. The third-order valence-corrected chi connectivity index (χ3v) is 2.68. The van der Waals surface area contributed by atoms with Crippen molar-refractivity contribution in [1.29, 1.82) is 0 Å². The molecule has 1 aliphatic carbocycles. The average Bonchev–Trinajstić information content (AvgIpc) is 2.45. The molecular formula is C11H21NO. The minimum Gasteiger partial charge on any atom is -0.393 e. The Hall–Kier alpha value is -0.340. The molecule has 1 rings (SSSR count). The Morgan fingerprint density at radius 1 is 1.54 bits per heavy atom. The van der Waals surface area contributed by atoms with Crippen LogP contribution in [0.4, 0.5) is 0 Å². The quantitative estimate of drug-likeness (QED) is 0.502. The van der Waals surface area contributed by atoms with E-state index in [9.17, 15) is 5.11 Å². The van der Waals surface area contributed by atoms with Gasteiger partial charge in [0.25, 0.3) is 0 Å². The van der Waals surface area contributed by atoms with Gasteiger partial charge < -0.3 is 10.4 Å². The summed E-state index contributed by atoms with van der Waals surface area (Å²) in [4.78, 5) is 0. The van der Waals surface area contributed by atoms with Crippen LogP contribution in [0.15, 0.2) is 12.2 Å². The molecule has 0 saturated heterocycles. The SMILES string of the molecule is C=C(C)CCNCC1CCC(O)C1. The molecule has 1 saturated carbocycles. The van der Waals surface area contributed by atoms with E-state index in [1.54, 1.807) is 0 Å². The van der Waals surface area contributed by atoms with E-state index in [1.165, 1.54) is 12.0 Å². The summed E-state index contributed by atoms with van der Waals surface area (Å²) >= 11 is 0. The maximum atomic E-state index is 9.30. The van der Waals surface area contributed by atoms with E-state index in [2.05, 4.69) is 18.8 Å². The second-order valence-corrected chi connectivity index (χ2v) is 4.24.